The smallest absolute Gasteiger partial charge is 0.246 e. The Labute approximate surface area is 199 Å². The van der Waals surface area contributed by atoms with Gasteiger partial charge in [0.25, 0.3) is 0 Å². The minimum Gasteiger partial charge on any atom is -0.496 e. The highest BCUT2D eigenvalue weighted by atomic mass is 16.5. The van der Waals surface area contributed by atoms with Gasteiger partial charge in [-0.1, -0.05) is 12.1 Å². The van der Waals surface area contributed by atoms with Crippen LogP contribution in [-0.4, -0.2) is 50.2 Å². The zero-order valence-corrected chi connectivity index (χ0v) is 20.1. The SMILES string of the molecule is CCN1C(=O)CN(C)c2nc(NCc3ccc(Oc4cc(OC)cc(OC)c4)cc3)nc(C)c21. The third kappa shape index (κ3) is 4.83. The minimum atomic E-state index is 0.0552. The summed E-state index contributed by atoms with van der Waals surface area (Å²) < 4.78 is 16.5. The van der Waals surface area contributed by atoms with Gasteiger partial charge >= 0.3 is 0 Å². The Morgan fingerprint density at radius 1 is 0.971 bits per heavy atom. The molecule has 9 nitrogen and oxygen atoms in total. The Balaban J connectivity index is 1.45. The summed E-state index contributed by atoms with van der Waals surface area (Å²) in [6.45, 7) is 5.30. The largest absolute Gasteiger partial charge is 0.496 e. The van der Waals surface area contributed by atoms with Crippen molar-refractivity contribution >= 4 is 23.4 Å². The Kier molecular flexibility index (Phi) is 6.72. The van der Waals surface area contributed by atoms with Gasteiger partial charge in [0, 0.05) is 38.3 Å². The van der Waals surface area contributed by atoms with Crippen LogP contribution in [0.15, 0.2) is 42.5 Å². The molecule has 0 bridgehead atoms. The molecule has 1 aromatic heterocycles. The van der Waals surface area contributed by atoms with E-state index in [4.69, 9.17) is 14.2 Å². The zero-order chi connectivity index (χ0) is 24.2. The summed E-state index contributed by atoms with van der Waals surface area (Å²) in [6, 6.07) is 13.2. The molecule has 1 amide bonds. The van der Waals surface area contributed by atoms with Crippen molar-refractivity contribution in [2.75, 3.05) is 49.5 Å². The molecule has 0 spiro atoms. The van der Waals surface area contributed by atoms with E-state index < -0.39 is 0 Å². The number of benzene rings is 2. The lowest BCUT2D eigenvalue weighted by molar-refractivity contribution is -0.117. The number of anilines is 3. The number of likely N-dealkylation sites (N-methyl/N-ethyl adjacent to an activating group) is 2. The average molecular weight is 464 g/mol. The molecule has 3 aromatic rings. The second-order valence-electron chi connectivity index (χ2n) is 7.95. The number of carbonyl (C=O) groups excluding carboxylic acids is 1. The average Bonchev–Trinajstić information content (AvgIpc) is 2.84. The second kappa shape index (κ2) is 9.86. The van der Waals surface area contributed by atoms with Crippen molar-refractivity contribution in [2.24, 2.45) is 0 Å². The predicted molar refractivity (Wildman–Crippen MR) is 131 cm³/mol. The number of nitrogens with zero attached hydrogens (tertiary/aromatic N) is 4. The quantitative estimate of drug-likeness (QED) is 0.536. The number of rotatable bonds is 8. The first-order valence-electron chi connectivity index (χ1n) is 11.1. The molecular formula is C25H29N5O4. The standard InChI is InChI=1S/C25H29N5O4/c1-6-30-22(31)15-29(3)24-23(30)16(2)27-25(28-24)26-14-17-7-9-18(10-8-17)34-21-12-19(32-4)11-20(13-21)33-5/h7-13H,6,14-15H2,1-5H3,(H,26,27,28). The predicted octanol–water partition coefficient (Wildman–Crippen LogP) is 4.01. The van der Waals surface area contributed by atoms with E-state index in [1.807, 2.05) is 50.1 Å². The molecule has 9 heteroatoms. The van der Waals surface area contributed by atoms with E-state index in [1.54, 1.807) is 37.3 Å². The van der Waals surface area contributed by atoms with Gasteiger partial charge in [-0.05, 0) is 31.5 Å². The summed E-state index contributed by atoms with van der Waals surface area (Å²) in [5.74, 6) is 3.99. The lowest BCUT2D eigenvalue weighted by Gasteiger charge is -2.34. The molecule has 1 N–H and O–H groups in total. The molecule has 1 aliphatic heterocycles. The first-order chi connectivity index (χ1) is 16.4. The monoisotopic (exact) mass is 463 g/mol. The van der Waals surface area contributed by atoms with Gasteiger partial charge in [0.1, 0.15) is 28.7 Å². The van der Waals surface area contributed by atoms with Gasteiger partial charge in [-0.25, -0.2) is 4.98 Å². The number of carbonyl (C=O) groups is 1. The molecule has 1 aliphatic rings. The molecule has 0 unspecified atom stereocenters. The number of fused-ring (bicyclic) bond motifs is 1. The number of amides is 1. The van der Waals surface area contributed by atoms with Crippen LogP contribution in [0.25, 0.3) is 0 Å². The minimum absolute atomic E-state index is 0.0552. The van der Waals surface area contributed by atoms with Crippen molar-refractivity contribution in [1.29, 1.82) is 0 Å². The summed E-state index contributed by atoms with van der Waals surface area (Å²) in [6.07, 6.45) is 0. The van der Waals surface area contributed by atoms with Crippen LogP contribution in [0.1, 0.15) is 18.2 Å². The van der Waals surface area contributed by atoms with Crippen LogP contribution in [0.3, 0.4) is 0 Å². The second-order valence-corrected chi connectivity index (χ2v) is 7.95. The maximum absolute atomic E-state index is 12.3. The van der Waals surface area contributed by atoms with E-state index >= 15 is 0 Å². The van der Waals surface area contributed by atoms with Crippen molar-refractivity contribution in [1.82, 2.24) is 9.97 Å². The maximum Gasteiger partial charge on any atom is 0.246 e. The Bertz CT molecular complexity index is 1160. The molecule has 34 heavy (non-hydrogen) atoms. The van der Waals surface area contributed by atoms with E-state index in [9.17, 15) is 4.79 Å². The van der Waals surface area contributed by atoms with Crippen LogP contribution in [0.4, 0.5) is 17.5 Å². The highest BCUT2D eigenvalue weighted by molar-refractivity contribution is 6.03. The fraction of sp³-hybridized carbons (Fsp3) is 0.320. The van der Waals surface area contributed by atoms with Crippen molar-refractivity contribution in [3.63, 3.8) is 0 Å². The summed E-state index contributed by atoms with van der Waals surface area (Å²) in [7, 11) is 5.08. The van der Waals surface area contributed by atoms with Crippen molar-refractivity contribution < 1.29 is 19.0 Å². The van der Waals surface area contributed by atoms with Gasteiger partial charge in [-0.15, -0.1) is 0 Å². The molecule has 0 atom stereocenters. The van der Waals surface area contributed by atoms with Crippen LogP contribution in [0.2, 0.25) is 0 Å². The van der Waals surface area contributed by atoms with E-state index in [0.717, 1.165) is 22.8 Å². The van der Waals surface area contributed by atoms with Crippen molar-refractivity contribution in [3.05, 3.63) is 53.7 Å². The molecule has 0 saturated heterocycles. The molecule has 0 radical (unpaired) electrons. The molecule has 0 aliphatic carbocycles. The van der Waals surface area contributed by atoms with Gasteiger partial charge in [-0.2, -0.15) is 4.98 Å². The van der Waals surface area contributed by atoms with Crippen LogP contribution in [0, 0.1) is 6.92 Å². The molecule has 0 saturated carbocycles. The fourth-order valence-electron chi connectivity index (χ4n) is 3.87. The lowest BCUT2D eigenvalue weighted by atomic mass is 10.2. The lowest BCUT2D eigenvalue weighted by Crippen LogP contribution is -2.45. The molecular weight excluding hydrogens is 434 g/mol. The Hall–Kier alpha value is -4.01. The van der Waals surface area contributed by atoms with Gasteiger partial charge in [0.05, 0.1) is 26.5 Å². The van der Waals surface area contributed by atoms with Crippen LogP contribution in [-0.2, 0) is 11.3 Å². The van der Waals surface area contributed by atoms with E-state index in [1.165, 1.54) is 0 Å². The van der Waals surface area contributed by atoms with E-state index in [0.29, 0.717) is 48.6 Å². The summed E-state index contributed by atoms with van der Waals surface area (Å²) in [4.78, 5) is 25.2. The Morgan fingerprint density at radius 2 is 1.62 bits per heavy atom. The molecule has 0 fully saturated rings. The van der Waals surface area contributed by atoms with Crippen LogP contribution >= 0.6 is 0 Å². The van der Waals surface area contributed by atoms with E-state index in [-0.39, 0.29) is 5.91 Å². The summed E-state index contributed by atoms with van der Waals surface area (Å²) in [5.41, 5.74) is 2.60. The number of hydrogen-bond acceptors (Lipinski definition) is 8. The third-order valence-electron chi connectivity index (χ3n) is 5.60. The van der Waals surface area contributed by atoms with Gasteiger partial charge < -0.3 is 29.3 Å². The van der Waals surface area contributed by atoms with Gasteiger partial charge in [0.2, 0.25) is 11.9 Å². The number of aryl methyl sites for hydroxylation is 1. The zero-order valence-electron chi connectivity index (χ0n) is 20.1. The molecule has 2 aromatic carbocycles. The number of ether oxygens (including phenoxy) is 3. The molecule has 2 heterocycles. The fourth-order valence-corrected chi connectivity index (χ4v) is 3.87. The first-order valence-corrected chi connectivity index (χ1v) is 11.1. The van der Waals surface area contributed by atoms with Crippen LogP contribution < -0.4 is 29.3 Å². The molecule has 4 rings (SSSR count). The van der Waals surface area contributed by atoms with Crippen molar-refractivity contribution in [3.8, 4) is 23.0 Å². The third-order valence-corrected chi connectivity index (χ3v) is 5.60. The van der Waals surface area contributed by atoms with Gasteiger partial charge in [-0.3, -0.25) is 4.79 Å². The highest BCUT2D eigenvalue weighted by Crippen LogP contribution is 2.34. The van der Waals surface area contributed by atoms with Gasteiger partial charge in [0.15, 0.2) is 5.82 Å². The normalized spacial score (nSPS) is 12.9. The molecule has 178 valence electrons. The maximum atomic E-state index is 12.3. The topological polar surface area (TPSA) is 89.1 Å². The summed E-state index contributed by atoms with van der Waals surface area (Å²) in [5, 5.41) is 3.29. The highest BCUT2D eigenvalue weighted by Gasteiger charge is 2.30. The first kappa shape index (κ1) is 23.2. The van der Waals surface area contributed by atoms with Crippen LogP contribution in [0.5, 0.6) is 23.0 Å². The number of aromatic nitrogens is 2. The summed E-state index contributed by atoms with van der Waals surface area (Å²) >= 11 is 0. The Morgan fingerprint density at radius 3 is 2.24 bits per heavy atom. The number of methoxy groups -OCH3 is 2. The van der Waals surface area contributed by atoms with Crippen molar-refractivity contribution in [2.45, 2.75) is 20.4 Å². The van der Waals surface area contributed by atoms with E-state index in [2.05, 4.69) is 15.3 Å². The number of hydrogen-bond donors (Lipinski definition) is 1. The number of nitrogens with one attached hydrogen (secondary N) is 1.